The first kappa shape index (κ1) is 16.8. The molecule has 0 fully saturated rings. The van der Waals surface area contributed by atoms with E-state index in [1.165, 1.54) is 0 Å². The number of hydrogen-bond acceptors (Lipinski definition) is 4. The normalized spacial score (nSPS) is 11.7. The van der Waals surface area contributed by atoms with Crippen molar-refractivity contribution in [2.75, 3.05) is 14.2 Å². The first-order valence-electron chi connectivity index (χ1n) is 7.35. The molecular weight excluding hydrogens is 294 g/mol. The van der Waals surface area contributed by atoms with Gasteiger partial charge in [0.2, 0.25) is 0 Å². The van der Waals surface area contributed by atoms with Crippen molar-refractivity contribution < 1.29 is 19.4 Å². The number of benzene rings is 2. The van der Waals surface area contributed by atoms with E-state index >= 15 is 0 Å². The van der Waals surface area contributed by atoms with Crippen molar-refractivity contribution in [3.05, 3.63) is 59.7 Å². The number of carboxylic acids is 1. The van der Waals surface area contributed by atoms with Crippen LogP contribution in [0.4, 0.5) is 0 Å². The van der Waals surface area contributed by atoms with Gasteiger partial charge in [0.1, 0.15) is 17.5 Å². The number of aliphatic carboxylic acids is 1. The van der Waals surface area contributed by atoms with Crippen LogP contribution >= 0.6 is 0 Å². The number of rotatable bonds is 8. The van der Waals surface area contributed by atoms with Crippen LogP contribution < -0.4 is 14.8 Å². The minimum atomic E-state index is -0.874. The largest absolute Gasteiger partial charge is 0.497 e. The molecule has 2 aromatic rings. The fraction of sp³-hybridized carbons (Fsp3) is 0.278. The molecule has 0 saturated carbocycles. The molecule has 5 nitrogen and oxygen atoms in total. The molecule has 0 aliphatic heterocycles. The Labute approximate surface area is 135 Å². The van der Waals surface area contributed by atoms with Gasteiger partial charge in [0.05, 0.1) is 14.2 Å². The number of carboxylic acid groups (broad SMARTS) is 1. The first-order chi connectivity index (χ1) is 11.1. The molecule has 0 aromatic heterocycles. The maximum Gasteiger partial charge on any atom is 0.321 e. The zero-order chi connectivity index (χ0) is 16.7. The Balaban J connectivity index is 2.05. The van der Waals surface area contributed by atoms with Gasteiger partial charge in [-0.2, -0.15) is 0 Å². The fourth-order valence-corrected chi connectivity index (χ4v) is 2.33. The van der Waals surface area contributed by atoms with Gasteiger partial charge in [-0.05, 0) is 18.1 Å². The Morgan fingerprint density at radius 1 is 1.13 bits per heavy atom. The van der Waals surface area contributed by atoms with Crippen molar-refractivity contribution in [2.45, 2.75) is 19.0 Å². The summed E-state index contributed by atoms with van der Waals surface area (Å²) in [5, 5.41) is 12.5. The summed E-state index contributed by atoms with van der Waals surface area (Å²) in [6.45, 7) is 0.400. The number of methoxy groups -OCH3 is 2. The maximum atomic E-state index is 11.5. The molecule has 122 valence electrons. The van der Waals surface area contributed by atoms with E-state index in [9.17, 15) is 9.90 Å². The zero-order valence-electron chi connectivity index (χ0n) is 13.3. The van der Waals surface area contributed by atoms with Crippen LogP contribution in [0, 0.1) is 0 Å². The Morgan fingerprint density at radius 2 is 1.87 bits per heavy atom. The molecule has 0 bridgehead atoms. The Bertz CT molecular complexity index is 643. The van der Waals surface area contributed by atoms with E-state index in [2.05, 4.69) is 5.32 Å². The van der Waals surface area contributed by atoms with Gasteiger partial charge in [0, 0.05) is 18.2 Å². The van der Waals surface area contributed by atoms with Crippen molar-refractivity contribution >= 4 is 5.97 Å². The van der Waals surface area contributed by atoms with Gasteiger partial charge in [0.15, 0.2) is 0 Å². The van der Waals surface area contributed by atoms with E-state index in [4.69, 9.17) is 9.47 Å². The molecule has 1 atom stereocenters. The van der Waals surface area contributed by atoms with Crippen LogP contribution in [0.1, 0.15) is 11.1 Å². The van der Waals surface area contributed by atoms with E-state index in [1.807, 2.05) is 42.5 Å². The summed E-state index contributed by atoms with van der Waals surface area (Å²) in [6, 6.07) is 14.4. The molecule has 2 rings (SSSR count). The third-order valence-electron chi connectivity index (χ3n) is 3.61. The predicted molar refractivity (Wildman–Crippen MR) is 88.0 cm³/mol. The minimum Gasteiger partial charge on any atom is -0.497 e. The van der Waals surface area contributed by atoms with Crippen LogP contribution in [0.5, 0.6) is 11.5 Å². The van der Waals surface area contributed by atoms with Crippen LogP contribution in [0.2, 0.25) is 0 Å². The summed E-state index contributed by atoms with van der Waals surface area (Å²) in [6.07, 6.45) is 0.425. The topological polar surface area (TPSA) is 67.8 Å². The summed E-state index contributed by atoms with van der Waals surface area (Å²) in [7, 11) is 3.17. The molecule has 0 aliphatic rings. The molecule has 2 N–H and O–H groups in total. The van der Waals surface area contributed by atoms with Gasteiger partial charge in [0.25, 0.3) is 0 Å². The van der Waals surface area contributed by atoms with Crippen LogP contribution in [0.15, 0.2) is 48.5 Å². The lowest BCUT2D eigenvalue weighted by Crippen LogP contribution is -2.38. The molecule has 0 radical (unpaired) electrons. The highest BCUT2D eigenvalue weighted by atomic mass is 16.5. The smallest absolute Gasteiger partial charge is 0.321 e. The molecule has 0 amide bonds. The number of carbonyl (C=O) groups is 1. The third kappa shape index (κ3) is 4.72. The molecular formula is C18H21NO4. The van der Waals surface area contributed by atoms with Gasteiger partial charge < -0.3 is 14.6 Å². The summed E-state index contributed by atoms with van der Waals surface area (Å²) in [5.41, 5.74) is 1.86. The highest BCUT2D eigenvalue weighted by Crippen LogP contribution is 2.24. The molecule has 5 heteroatoms. The predicted octanol–water partition coefficient (Wildman–Crippen LogP) is 2.49. The second kappa shape index (κ2) is 8.19. The second-order valence-corrected chi connectivity index (χ2v) is 5.14. The Morgan fingerprint density at radius 3 is 2.48 bits per heavy atom. The van der Waals surface area contributed by atoms with Gasteiger partial charge in [-0.1, -0.05) is 36.4 Å². The highest BCUT2D eigenvalue weighted by Gasteiger charge is 2.18. The molecule has 0 spiro atoms. The number of nitrogens with one attached hydrogen (secondary N) is 1. The van der Waals surface area contributed by atoms with E-state index in [0.29, 0.717) is 24.5 Å². The van der Waals surface area contributed by atoms with Crippen LogP contribution in [-0.4, -0.2) is 31.3 Å². The second-order valence-electron chi connectivity index (χ2n) is 5.14. The lowest BCUT2D eigenvalue weighted by molar-refractivity contribution is -0.139. The van der Waals surface area contributed by atoms with Crippen molar-refractivity contribution in [1.82, 2.24) is 5.32 Å². The van der Waals surface area contributed by atoms with E-state index in [0.717, 1.165) is 11.1 Å². The summed E-state index contributed by atoms with van der Waals surface area (Å²) in [5.74, 6) is 0.492. The van der Waals surface area contributed by atoms with E-state index in [1.54, 1.807) is 20.3 Å². The van der Waals surface area contributed by atoms with Gasteiger partial charge >= 0.3 is 5.97 Å². The van der Waals surface area contributed by atoms with Crippen molar-refractivity contribution in [3.8, 4) is 11.5 Å². The lowest BCUT2D eigenvalue weighted by Gasteiger charge is -2.16. The lowest BCUT2D eigenvalue weighted by atomic mass is 10.1. The van der Waals surface area contributed by atoms with Crippen LogP contribution in [0.3, 0.4) is 0 Å². The first-order valence-corrected chi connectivity index (χ1v) is 7.35. The molecule has 0 heterocycles. The SMILES string of the molecule is COc1ccc(CN[C@H](Cc2ccccc2)C(=O)O)c(OC)c1. The van der Waals surface area contributed by atoms with E-state index < -0.39 is 12.0 Å². The van der Waals surface area contributed by atoms with Gasteiger partial charge in [-0.15, -0.1) is 0 Å². The molecule has 0 aliphatic carbocycles. The number of ether oxygens (including phenoxy) is 2. The molecule has 2 aromatic carbocycles. The Kier molecular flexibility index (Phi) is 6.00. The fourth-order valence-electron chi connectivity index (χ4n) is 2.33. The summed E-state index contributed by atoms with van der Waals surface area (Å²) in [4.78, 5) is 11.5. The highest BCUT2D eigenvalue weighted by molar-refractivity contribution is 5.74. The van der Waals surface area contributed by atoms with Crippen molar-refractivity contribution in [3.63, 3.8) is 0 Å². The van der Waals surface area contributed by atoms with E-state index in [-0.39, 0.29) is 0 Å². The van der Waals surface area contributed by atoms with Crippen LogP contribution in [-0.2, 0) is 17.8 Å². The molecule has 0 unspecified atom stereocenters. The quantitative estimate of drug-likeness (QED) is 0.783. The molecule has 23 heavy (non-hydrogen) atoms. The summed E-state index contributed by atoms with van der Waals surface area (Å²) >= 11 is 0. The van der Waals surface area contributed by atoms with Gasteiger partial charge in [-0.3, -0.25) is 10.1 Å². The molecule has 0 saturated heterocycles. The summed E-state index contributed by atoms with van der Waals surface area (Å²) < 4.78 is 10.5. The average molecular weight is 315 g/mol. The standard InChI is InChI=1S/C18H21NO4/c1-22-15-9-8-14(17(11-15)23-2)12-19-16(18(20)21)10-13-6-4-3-5-7-13/h3-9,11,16,19H,10,12H2,1-2H3,(H,20,21)/t16-/m1/s1. The number of hydrogen-bond donors (Lipinski definition) is 2. The van der Waals surface area contributed by atoms with Crippen LogP contribution in [0.25, 0.3) is 0 Å². The van der Waals surface area contributed by atoms with Crippen molar-refractivity contribution in [1.29, 1.82) is 0 Å². The average Bonchev–Trinajstić information content (AvgIpc) is 2.59. The maximum absolute atomic E-state index is 11.5. The zero-order valence-corrected chi connectivity index (χ0v) is 13.3. The minimum absolute atomic E-state index is 0.400. The van der Waals surface area contributed by atoms with Crippen molar-refractivity contribution in [2.24, 2.45) is 0 Å². The third-order valence-corrected chi connectivity index (χ3v) is 3.61. The monoisotopic (exact) mass is 315 g/mol. The Hall–Kier alpha value is -2.53. The van der Waals surface area contributed by atoms with Gasteiger partial charge in [-0.25, -0.2) is 0 Å².